The third-order valence-electron chi connectivity index (χ3n) is 4.73. The van der Waals surface area contributed by atoms with Gasteiger partial charge in [0, 0.05) is 25.5 Å². The quantitative estimate of drug-likeness (QED) is 0.471. The van der Waals surface area contributed by atoms with Crippen molar-refractivity contribution in [1.82, 2.24) is 15.1 Å². The third kappa shape index (κ3) is 6.95. The van der Waals surface area contributed by atoms with E-state index < -0.39 is 11.7 Å². The summed E-state index contributed by atoms with van der Waals surface area (Å²) in [5, 5.41) is 8.30. The maximum atomic E-state index is 12.4. The molecule has 1 aromatic carbocycles. The van der Waals surface area contributed by atoms with Crippen LogP contribution in [0.2, 0.25) is 0 Å². The van der Waals surface area contributed by atoms with E-state index in [1.54, 1.807) is 11.8 Å². The lowest BCUT2D eigenvalue weighted by molar-refractivity contribution is 0.0452. The van der Waals surface area contributed by atoms with E-state index in [1.807, 2.05) is 59.7 Å². The highest BCUT2D eigenvalue weighted by Crippen LogP contribution is 2.28. The molecule has 1 amide bonds. The first kappa shape index (κ1) is 24.7. The number of benzene rings is 1. The van der Waals surface area contributed by atoms with E-state index in [0.29, 0.717) is 42.1 Å². The molecule has 1 heterocycles. The molecular formula is C23H35N3O5. The minimum atomic E-state index is -0.601. The summed E-state index contributed by atoms with van der Waals surface area (Å²) in [5.74, 6) is 0.614. The Balaban J connectivity index is 2.32. The van der Waals surface area contributed by atoms with Gasteiger partial charge in [0.2, 0.25) is 0 Å². The van der Waals surface area contributed by atoms with Gasteiger partial charge in [-0.05, 0) is 32.3 Å². The minimum Gasteiger partial charge on any atom is -0.491 e. The number of fused-ring (bicyclic) bond motifs is 1. The lowest BCUT2D eigenvalue weighted by Gasteiger charge is -2.32. The molecule has 0 saturated heterocycles. The van der Waals surface area contributed by atoms with Crippen LogP contribution in [0.4, 0.5) is 4.79 Å². The minimum absolute atomic E-state index is 0.297. The van der Waals surface area contributed by atoms with Gasteiger partial charge in [-0.25, -0.2) is 4.79 Å². The zero-order chi connectivity index (χ0) is 23.2. The molecule has 2 rings (SSSR count). The van der Waals surface area contributed by atoms with Crippen LogP contribution in [0.25, 0.3) is 10.9 Å². The molecule has 1 aromatic heterocycles. The van der Waals surface area contributed by atoms with Gasteiger partial charge < -0.3 is 19.5 Å². The molecule has 0 saturated carbocycles. The van der Waals surface area contributed by atoms with Crippen molar-refractivity contribution in [3.63, 3.8) is 0 Å². The molecule has 172 valence electrons. The number of ether oxygens (including phenoxy) is 3. The summed E-state index contributed by atoms with van der Waals surface area (Å²) in [6.45, 7) is 12.9. The van der Waals surface area contributed by atoms with Gasteiger partial charge in [-0.15, -0.1) is 0 Å². The number of hydrogen-bond donors (Lipinski definition) is 1. The Bertz CT molecular complexity index is 893. The molecule has 0 radical (unpaired) electrons. The van der Waals surface area contributed by atoms with Gasteiger partial charge in [0.1, 0.15) is 22.6 Å². The van der Waals surface area contributed by atoms with Crippen LogP contribution in [-0.4, -0.2) is 54.1 Å². The number of rotatable bonds is 9. The fraction of sp³-hybridized carbons (Fsp3) is 0.609. The van der Waals surface area contributed by atoms with Crippen molar-refractivity contribution in [2.45, 2.75) is 66.2 Å². The molecule has 0 aliphatic carbocycles. The van der Waals surface area contributed by atoms with Crippen molar-refractivity contribution in [2.24, 2.45) is 5.41 Å². The SMILES string of the molecule is COCCCOc1cccc2c(C=O)n(C[C@H](NC(=O)OC(C)(C)C)C(C)(C)C)nc12. The molecule has 0 fully saturated rings. The van der Waals surface area contributed by atoms with Gasteiger partial charge >= 0.3 is 6.09 Å². The number of amides is 1. The van der Waals surface area contributed by atoms with Crippen molar-refractivity contribution in [2.75, 3.05) is 20.3 Å². The highest BCUT2D eigenvalue weighted by atomic mass is 16.6. The lowest BCUT2D eigenvalue weighted by atomic mass is 9.86. The number of nitrogens with one attached hydrogen (secondary N) is 1. The van der Waals surface area contributed by atoms with Crippen molar-refractivity contribution in [1.29, 1.82) is 0 Å². The summed E-state index contributed by atoms with van der Waals surface area (Å²) in [5.41, 5.74) is 0.162. The maximum Gasteiger partial charge on any atom is 0.407 e. The number of aldehydes is 1. The second kappa shape index (κ2) is 10.1. The van der Waals surface area contributed by atoms with Crippen molar-refractivity contribution < 1.29 is 23.8 Å². The Kier molecular flexibility index (Phi) is 8.06. The standard InChI is InChI=1S/C23H35N3O5/c1-22(2,3)19(24-21(28)31-23(4,5)6)14-26-17(15-27)16-10-8-11-18(20(16)25-26)30-13-9-12-29-7/h8,10-11,15,19H,9,12-14H2,1-7H3,(H,24,28)/t19-/m0/s1. The molecule has 1 N–H and O–H groups in total. The Hall–Kier alpha value is -2.61. The Morgan fingerprint density at radius 3 is 2.48 bits per heavy atom. The van der Waals surface area contributed by atoms with Crippen LogP contribution in [0.1, 0.15) is 58.5 Å². The highest BCUT2D eigenvalue weighted by Gasteiger charge is 2.30. The van der Waals surface area contributed by atoms with Crippen LogP contribution in [0.5, 0.6) is 5.75 Å². The predicted octanol–water partition coefficient (Wildman–Crippen LogP) is 4.20. The van der Waals surface area contributed by atoms with Crippen molar-refractivity contribution in [3.05, 3.63) is 23.9 Å². The Morgan fingerprint density at radius 2 is 1.90 bits per heavy atom. The molecule has 0 spiro atoms. The Labute approximate surface area is 184 Å². The first-order chi connectivity index (χ1) is 14.5. The number of methoxy groups -OCH3 is 1. The van der Waals surface area contributed by atoms with Crippen LogP contribution in [0, 0.1) is 5.41 Å². The number of alkyl carbamates (subject to hydrolysis) is 1. The molecule has 1 atom stereocenters. The summed E-state index contributed by atoms with van der Waals surface area (Å²) in [6, 6.07) is 5.20. The summed E-state index contributed by atoms with van der Waals surface area (Å²) < 4.78 is 18.0. The molecule has 8 nitrogen and oxygen atoms in total. The molecule has 0 aliphatic heterocycles. The average molecular weight is 434 g/mol. The smallest absolute Gasteiger partial charge is 0.407 e. The van der Waals surface area contributed by atoms with Gasteiger partial charge in [0.25, 0.3) is 0 Å². The molecule has 8 heteroatoms. The maximum absolute atomic E-state index is 12.4. The van der Waals surface area contributed by atoms with E-state index >= 15 is 0 Å². The molecule has 2 aromatic rings. The van der Waals surface area contributed by atoms with E-state index in [4.69, 9.17) is 14.2 Å². The zero-order valence-electron chi connectivity index (χ0n) is 19.7. The van der Waals surface area contributed by atoms with E-state index in [9.17, 15) is 9.59 Å². The third-order valence-corrected chi connectivity index (χ3v) is 4.73. The van der Waals surface area contributed by atoms with Gasteiger partial charge in [0.05, 0.1) is 19.2 Å². The second-order valence-corrected chi connectivity index (χ2v) is 9.60. The summed E-state index contributed by atoms with van der Waals surface area (Å²) >= 11 is 0. The summed E-state index contributed by atoms with van der Waals surface area (Å²) in [6.07, 6.45) is 1.04. The molecular weight excluding hydrogens is 398 g/mol. The van der Waals surface area contributed by atoms with Gasteiger partial charge in [-0.2, -0.15) is 5.10 Å². The van der Waals surface area contributed by atoms with Gasteiger partial charge in [-0.3, -0.25) is 9.48 Å². The fourth-order valence-corrected chi connectivity index (χ4v) is 3.07. The van der Waals surface area contributed by atoms with Gasteiger partial charge in [-0.1, -0.05) is 32.9 Å². The lowest BCUT2D eigenvalue weighted by Crippen LogP contribution is -2.48. The zero-order valence-corrected chi connectivity index (χ0v) is 19.7. The number of hydrogen-bond acceptors (Lipinski definition) is 6. The molecule has 0 bridgehead atoms. The predicted molar refractivity (Wildman–Crippen MR) is 120 cm³/mol. The van der Waals surface area contributed by atoms with E-state index in [0.717, 1.165) is 12.7 Å². The number of carbonyl (C=O) groups is 2. The van der Waals surface area contributed by atoms with Crippen LogP contribution < -0.4 is 10.1 Å². The van der Waals surface area contributed by atoms with Crippen LogP contribution in [-0.2, 0) is 16.0 Å². The largest absolute Gasteiger partial charge is 0.491 e. The summed E-state index contributed by atoms with van der Waals surface area (Å²) in [7, 11) is 1.65. The average Bonchev–Trinajstić information content (AvgIpc) is 3.00. The topological polar surface area (TPSA) is 91.7 Å². The summed E-state index contributed by atoms with van der Waals surface area (Å²) in [4.78, 5) is 24.3. The van der Waals surface area contributed by atoms with Crippen LogP contribution >= 0.6 is 0 Å². The van der Waals surface area contributed by atoms with Gasteiger partial charge in [0.15, 0.2) is 6.29 Å². The monoisotopic (exact) mass is 433 g/mol. The molecule has 0 unspecified atom stereocenters. The Morgan fingerprint density at radius 1 is 1.19 bits per heavy atom. The normalized spacial score (nSPS) is 13.1. The second-order valence-electron chi connectivity index (χ2n) is 9.60. The first-order valence-electron chi connectivity index (χ1n) is 10.5. The first-order valence-corrected chi connectivity index (χ1v) is 10.5. The molecule has 31 heavy (non-hydrogen) atoms. The fourth-order valence-electron chi connectivity index (χ4n) is 3.07. The van der Waals surface area contributed by atoms with Crippen molar-refractivity contribution in [3.8, 4) is 5.75 Å². The number of aromatic nitrogens is 2. The number of carbonyl (C=O) groups excluding carboxylic acids is 2. The van der Waals surface area contributed by atoms with Crippen LogP contribution in [0.15, 0.2) is 18.2 Å². The van der Waals surface area contributed by atoms with E-state index in [1.165, 1.54) is 0 Å². The van der Waals surface area contributed by atoms with E-state index in [-0.39, 0.29) is 11.5 Å². The van der Waals surface area contributed by atoms with Crippen molar-refractivity contribution >= 4 is 23.3 Å². The molecule has 0 aliphatic rings. The highest BCUT2D eigenvalue weighted by molar-refractivity contribution is 5.97. The van der Waals surface area contributed by atoms with Crippen LogP contribution in [0.3, 0.4) is 0 Å². The number of nitrogens with zero attached hydrogens (tertiary/aromatic N) is 2. The van der Waals surface area contributed by atoms with E-state index in [2.05, 4.69) is 10.4 Å².